The molecule has 1 rings (SSSR count). The first-order chi connectivity index (χ1) is 9.34. The summed E-state index contributed by atoms with van der Waals surface area (Å²) in [4.78, 5) is 0. The van der Waals surface area contributed by atoms with Crippen LogP contribution in [-0.2, 0) is 0 Å². The van der Waals surface area contributed by atoms with Gasteiger partial charge in [0.05, 0.1) is 0 Å². The predicted octanol–water partition coefficient (Wildman–Crippen LogP) is 6.48. The smallest absolute Gasteiger partial charge is 0.000414 e. The maximum Gasteiger partial charge on any atom is -0.000414 e. The Balaban J connectivity index is 2.63. The van der Waals surface area contributed by atoms with Gasteiger partial charge in [-0.3, -0.25) is 0 Å². The molecule has 2 atom stereocenters. The van der Waals surface area contributed by atoms with Crippen molar-refractivity contribution >= 4 is 11.8 Å². The van der Waals surface area contributed by atoms with Crippen LogP contribution in [0.5, 0.6) is 0 Å². The fraction of sp³-hybridized carbons (Fsp3) is 0.789. The van der Waals surface area contributed by atoms with E-state index in [0.29, 0.717) is 10.8 Å². The van der Waals surface area contributed by atoms with Gasteiger partial charge in [-0.05, 0) is 48.0 Å². The molecule has 2 unspecified atom stereocenters. The Labute approximate surface area is 131 Å². The van der Waals surface area contributed by atoms with Gasteiger partial charge in [-0.25, -0.2) is 0 Å². The zero-order valence-corrected chi connectivity index (χ0v) is 15.3. The summed E-state index contributed by atoms with van der Waals surface area (Å²) in [5, 5.41) is 0. The quantitative estimate of drug-likeness (QED) is 0.493. The molecule has 0 aromatic heterocycles. The molecule has 1 aliphatic rings. The Morgan fingerprint density at radius 3 is 2.35 bits per heavy atom. The van der Waals surface area contributed by atoms with Crippen LogP contribution in [0.25, 0.3) is 0 Å². The van der Waals surface area contributed by atoms with Gasteiger partial charge in [0, 0.05) is 0 Å². The molecule has 0 aromatic carbocycles. The summed E-state index contributed by atoms with van der Waals surface area (Å²) < 4.78 is 0. The van der Waals surface area contributed by atoms with Crippen molar-refractivity contribution in [2.45, 2.75) is 66.7 Å². The summed E-state index contributed by atoms with van der Waals surface area (Å²) in [6.07, 6.45) is 15.9. The lowest BCUT2D eigenvalue weighted by Gasteiger charge is -2.37. The fourth-order valence-corrected chi connectivity index (χ4v) is 3.94. The molecule has 0 aromatic rings. The van der Waals surface area contributed by atoms with Crippen molar-refractivity contribution in [3.8, 4) is 0 Å². The monoisotopic (exact) mass is 294 g/mol. The van der Waals surface area contributed by atoms with Gasteiger partial charge in [0.2, 0.25) is 0 Å². The molecule has 0 amide bonds. The molecule has 116 valence electrons. The lowest BCUT2D eigenvalue weighted by Crippen LogP contribution is -2.25. The molecule has 0 spiro atoms. The highest BCUT2D eigenvalue weighted by molar-refractivity contribution is 7.98. The molecular weight excluding hydrogens is 260 g/mol. The SMILES string of the molecule is CCC(C)(C)CC(C)(CC)CC1=CCC(CSC)C=C1. The molecule has 0 N–H and O–H groups in total. The Morgan fingerprint density at radius 2 is 1.90 bits per heavy atom. The lowest BCUT2D eigenvalue weighted by molar-refractivity contribution is 0.164. The van der Waals surface area contributed by atoms with Crippen LogP contribution >= 0.6 is 11.8 Å². The third kappa shape index (κ3) is 5.68. The summed E-state index contributed by atoms with van der Waals surface area (Å²) in [6, 6.07) is 0. The zero-order chi connectivity index (χ0) is 15.2. The number of rotatable bonds is 8. The normalized spacial score (nSPS) is 22.5. The molecule has 0 saturated carbocycles. The van der Waals surface area contributed by atoms with E-state index in [1.54, 1.807) is 5.57 Å². The van der Waals surface area contributed by atoms with Crippen LogP contribution in [0, 0.1) is 16.7 Å². The summed E-state index contributed by atoms with van der Waals surface area (Å²) in [7, 11) is 0. The molecule has 0 bridgehead atoms. The molecule has 0 heterocycles. The summed E-state index contributed by atoms with van der Waals surface area (Å²) in [5.41, 5.74) is 2.48. The third-order valence-corrected chi connectivity index (χ3v) is 5.75. The minimum Gasteiger partial charge on any atom is -0.165 e. The first kappa shape index (κ1) is 17.9. The van der Waals surface area contributed by atoms with Crippen molar-refractivity contribution in [3.63, 3.8) is 0 Å². The Hall–Kier alpha value is -0.170. The van der Waals surface area contributed by atoms with Gasteiger partial charge >= 0.3 is 0 Å². The van der Waals surface area contributed by atoms with E-state index in [9.17, 15) is 0 Å². The molecule has 20 heavy (non-hydrogen) atoms. The van der Waals surface area contributed by atoms with Gasteiger partial charge in [-0.15, -0.1) is 0 Å². The van der Waals surface area contributed by atoms with Gasteiger partial charge in [0.1, 0.15) is 0 Å². The third-order valence-electron chi connectivity index (χ3n) is 4.99. The number of hydrogen-bond acceptors (Lipinski definition) is 1. The Bertz CT molecular complexity index is 351. The van der Waals surface area contributed by atoms with E-state index in [4.69, 9.17) is 0 Å². The van der Waals surface area contributed by atoms with Crippen LogP contribution in [-0.4, -0.2) is 12.0 Å². The maximum absolute atomic E-state index is 2.49. The number of hydrogen-bond donors (Lipinski definition) is 0. The Kier molecular flexibility index (Phi) is 6.91. The highest BCUT2D eigenvalue weighted by Gasteiger charge is 2.30. The van der Waals surface area contributed by atoms with E-state index in [2.05, 4.69) is 59.1 Å². The highest BCUT2D eigenvalue weighted by Crippen LogP contribution is 2.43. The van der Waals surface area contributed by atoms with Gasteiger partial charge in [-0.1, -0.05) is 71.3 Å². The minimum atomic E-state index is 0.446. The van der Waals surface area contributed by atoms with Crippen molar-refractivity contribution in [2.75, 3.05) is 12.0 Å². The number of thioether (sulfide) groups is 1. The largest absolute Gasteiger partial charge is 0.165 e. The van der Waals surface area contributed by atoms with Gasteiger partial charge in [0.15, 0.2) is 0 Å². The lowest BCUT2D eigenvalue weighted by atomic mass is 9.68. The minimum absolute atomic E-state index is 0.446. The molecule has 0 aliphatic heterocycles. The van der Waals surface area contributed by atoms with E-state index >= 15 is 0 Å². The molecule has 0 saturated heterocycles. The predicted molar refractivity (Wildman–Crippen MR) is 95.4 cm³/mol. The van der Waals surface area contributed by atoms with E-state index in [-0.39, 0.29) is 0 Å². The van der Waals surface area contributed by atoms with E-state index in [0.717, 1.165) is 5.92 Å². The van der Waals surface area contributed by atoms with Gasteiger partial charge in [0.25, 0.3) is 0 Å². The standard InChI is InChI=1S/C19H34S/c1-7-18(3,4)15-19(5,8-2)13-16-9-11-17(12-10-16)14-20-6/h9-11,17H,7-8,12-15H2,1-6H3. The summed E-state index contributed by atoms with van der Waals surface area (Å²) in [6.45, 7) is 12.0. The highest BCUT2D eigenvalue weighted by atomic mass is 32.2. The molecule has 0 nitrogen and oxygen atoms in total. The maximum atomic E-state index is 2.49. The van der Waals surface area contributed by atoms with Crippen molar-refractivity contribution in [2.24, 2.45) is 16.7 Å². The van der Waals surface area contributed by atoms with Crippen LogP contribution < -0.4 is 0 Å². The molecule has 1 aliphatic carbocycles. The van der Waals surface area contributed by atoms with Gasteiger partial charge < -0.3 is 0 Å². The van der Waals surface area contributed by atoms with Crippen LogP contribution in [0.4, 0.5) is 0 Å². The van der Waals surface area contributed by atoms with E-state index in [1.807, 2.05) is 11.8 Å². The first-order valence-corrected chi connectivity index (χ1v) is 9.60. The number of allylic oxidation sites excluding steroid dienone is 4. The molecular formula is C19H34S. The molecule has 0 fully saturated rings. The second-order valence-electron chi connectivity index (χ2n) is 7.62. The van der Waals surface area contributed by atoms with Crippen LogP contribution in [0.2, 0.25) is 0 Å². The van der Waals surface area contributed by atoms with Crippen molar-refractivity contribution in [1.82, 2.24) is 0 Å². The van der Waals surface area contributed by atoms with Crippen molar-refractivity contribution in [1.29, 1.82) is 0 Å². The van der Waals surface area contributed by atoms with Crippen molar-refractivity contribution < 1.29 is 0 Å². The fourth-order valence-electron chi connectivity index (χ4n) is 3.26. The van der Waals surface area contributed by atoms with E-state index < -0.39 is 0 Å². The van der Waals surface area contributed by atoms with Crippen LogP contribution in [0.15, 0.2) is 23.8 Å². The van der Waals surface area contributed by atoms with E-state index in [1.165, 1.54) is 37.9 Å². The van der Waals surface area contributed by atoms with Crippen LogP contribution in [0.3, 0.4) is 0 Å². The average Bonchev–Trinajstić information content (AvgIpc) is 2.41. The summed E-state index contributed by atoms with van der Waals surface area (Å²) >= 11 is 1.96. The second kappa shape index (κ2) is 7.73. The molecule has 0 radical (unpaired) electrons. The summed E-state index contributed by atoms with van der Waals surface area (Å²) in [5.74, 6) is 2.02. The first-order valence-electron chi connectivity index (χ1n) is 8.20. The van der Waals surface area contributed by atoms with Crippen LogP contribution in [0.1, 0.15) is 66.7 Å². The average molecular weight is 295 g/mol. The zero-order valence-electron chi connectivity index (χ0n) is 14.5. The second-order valence-corrected chi connectivity index (χ2v) is 8.54. The topological polar surface area (TPSA) is 0 Å². The van der Waals surface area contributed by atoms with Crippen molar-refractivity contribution in [3.05, 3.63) is 23.8 Å². The Morgan fingerprint density at radius 1 is 1.20 bits per heavy atom. The van der Waals surface area contributed by atoms with Gasteiger partial charge in [-0.2, -0.15) is 11.8 Å². The molecule has 1 heteroatoms.